The Morgan fingerprint density at radius 1 is 0.881 bits per heavy atom. The van der Waals surface area contributed by atoms with Crippen LogP contribution in [0.4, 0.5) is 0 Å². The van der Waals surface area contributed by atoms with E-state index >= 15 is 0 Å². The third kappa shape index (κ3) is 4.59. The summed E-state index contributed by atoms with van der Waals surface area (Å²) in [4.78, 5) is 36.7. The number of esters is 2. The zero-order valence-electron chi connectivity index (χ0n) is 27.6. The molecule has 0 saturated heterocycles. The first-order valence-electron chi connectivity index (χ1n) is 16.8. The van der Waals surface area contributed by atoms with Crippen LogP contribution in [-0.2, 0) is 23.9 Å². The number of ether oxygens (including phenoxy) is 2. The Balaban J connectivity index is 1.43. The van der Waals surface area contributed by atoms with E-state index in [2.05, 4.69) is 54.5 Å². The van der Waals surface area contributed by atoms with Gasteiger partial charge < -0.3 is 14.6 Å². The third-order valence-electron chi connectivity index (χ3n) is 14.4. The van der Waals surface area contributed by atoms with Crippen LogP contribution in [0, 0.1) is 50.2 Å². The minimum absolute atomic E-state index is 0.0181. The van der Waals surface area contributed by atoms with E-state index in [1.165, 1.54) is 12.8 Å². The van der Waals surface area contributed by atoms with Crippen molar-refractivity contribution in [1.29, 1.82) is 0 Å². The first-order chi connectivity index (χ1) is 19.5. The average Bonchev–Trinajstić information content (AvgIpc) is 2.90. The van der Waals surface area contributed by atoms with Gasteiger partial charge in [0.1, 0.15) is 6.10 Å². The highest BCUT2D eigenvalue weighted by Gasteiger charge is 2.68. The van der Waals surface area contributed by atoms with E-state index in [0.29, 0.717) is 24.4 Å². The molecule has 0 aliphatic heterocycles. The SMILES string of the molecule is CCOC(=O)[C@@]1(C)CC[C@]2(C)CC[C@]3(C)C(=CC[C@@H]4[C@@]5(C)CC[C@H](OC(=O)CCC(=O)O)C(C)(C)[C@@H]5CC[C@]43C)[C@@H]2C1. The molecule has 0 aromatic heterocycles. The van der Waals surface area contributed by atoms with Crippen LogP contribution in [0.1, 0.15) is 132 Å². The van der Waals surface area contributed by atoms with Crippen molar-refractivity contribution < 1.29 is 29.0 Å². The van der Waals surface area contributed by atoms with Crippen molar-refractivity contribution in [3.63, 3.8) is 0 Å². The summed E-state index contributed by atoms with van der Waals surface area (Å²) in [5.41, 5.74) is 1.70. The van der Waals surface area contributed by atoms with Gasteiger partial charge in [0.05, 0.1) is 24.9 Å². The fourth-order valence-electron chi connectivity index (χ4n) is 11.5. The maximum atomic E-state index is 13.2. The Hall–Kier alpha value is -1.85. The molecule has 0 amide bonds. The van der Waals surface area contributed by atoms with Gasteiger partial charge in [0.2, 0.25) is 0 Å². The van der Waals surface area contributed by atoms with Crippen molar-refractivity contribution in [3.05, 3.63) is 11.6 Å². The van der Waals surface area contributed by atoms with Crippen LogP contribution in [-0.4, -0.2) is 35.7 Å². The summed E-state index contributed by atoms with van der Waals surface area (Å²) in [6, 6.07) is 0. The first-order valence-corrected chi connectivity index (χ1v) is 16.8. The van der Waals surface area contributed by atoms with Crippen LogP contribution in [0.2, 0.25) is 0 Å². The van der Waals surface area contributed by atoms with Crippen molar-refractivity contribution in [2.45, 2.75) is 139 Å². The van der Waals surface area contributed by atoms with E-state index in [1.807, 2.05) is 6.92 Å². The lowest BCUT2D eigenvalue weighted by Gasteiger charge is -2.71. The summed E-state index contributed by atoms with van der Waals surface area (Å²) < 4.78 is 11.6. The lowest BCUT2D eigenvalue weighted by atomic mass is 9.33. The molecule has 0 aromatic carbocycles. The summed E-state index contributed by atoms with van der Waals surface area (Å²) in [6.07, 6.45) is 12.7. The molecule has 0 spiro atoms. The lowest BCUT2D eigenvalue weighted by Crippen LogP contribution is -2.64. The summed E-state index contributed by atoms with van der Waals surface area (Å²) in [5, 5.41) is 9.01. The molecule has 4 fully saturated rings. The summed E-state index contributed by atoms with van der Waals surface area (Å²) in [5.74, 6) is 0.0303. The predicted molar refractivity (Wildman–Crippen MR) is 162 cm³/mol. The fraction of sp³-hybridized carbons (Fsp3) is 0.861. The monoisotopic (exact) mass is 584 g/mol. The first kappa shape index (κ1) is 31.6. The van der Waals surface area contributed by atoms with Gasteiger partial charge in [-0.1, -0.05) is 53.2 Å². The molecular weight excluding hydrogens is 528 g/mol. The number of carbonyl (C=O) groups excluding carboxylic acids is 2. The topological polar surface area (TPSA) is 89.9 Å². The van der Waals surface area contributed by atoms with Gasteiger partial charge in [0.15, 0.2) is 0 Å². The van der Waals surface area contributed by atoms with Crippen molar-refractivity contribution >= 4 is 17.9 Å². The number of aliphatic carboxylic acids is 1. The van der Waals surface area contributed by atoms with Crippen molar-refractivity contribution in [2.24, 2.45) is 50.2 Å². The number of allylic oxidation sites excluding steroid dienone is 2. The second kappa shape index (κ2) is 10.4. The van der Waals surface area contributed by atoms with Gasteiger partial charge in [-0.15, -0.1) is 0 Å². The molecule has 5 aliphatic rings. The second-order valence-corrected chi connectivity index (χ2v) is 16.7. The minimum Gasteiger partial charge on any atom is -0.481 e. The normalized spacial score (nSPS) is 45.7. The van der Waals surface area contributed by atoms with Gasteiger partial charge in [0, 0.05) is 5.41 Å². The Morgan fingerprint density at radius 2 is 1.57 bits per heavy atom. The summed E-state index contributed by atoms with van der Waals surface area (Å²) >= 11 is 0. The number of hydrogen-bond donors (Lipinski definition) is 1. The number of rotatable bonds is 6. The third-order valence-corrected chi connectivity index (χ3v) is 14.4. The standard InChI is InChI=1S/C36H56O6/c1-9-41-30(40)33(5)19-18-32(4)20-21-35(7)23(24(32)22-33)10-11-26-34(6)16-15-27(42-29(39)13-12-28(37)38)31(2,3)25(34)14-17-36(26,35)8/h10,24-27H,9,11-22H2,1-8H3,(H,37,38)/t24-,25-,26+,27-,32+,33-,34-,35+,36+/m0/s1. The molecule has 0 unspecified atom stereocenters. The van der Waals surface area contributed by atoms with Crippen LogP contribution in [0.25, 0.3) is 0 Å². The molecular formula is C36H56O6. The predicted octanol–water partition coefficient (Wildman–Crippen LogP) is 8.13. The zero-order valence-corrected chi connectivity index (χ0v) is 27.6. The van der Waals surface area contributed by atoms with E-state index < -0.39 is 11.4 Å². The largest absolute Gasteiger partial charge is 0.481 e. The van der Waals surface area contributed by atoms with Crippen LogP contribution in [0.5, 0.6) is 0 Å². The quantitative estimate of drug-likeness (QED) is 0.250. The van der Waals surface area contributed by atoms with E-state index in [-0.39, 0.29) is 58.0 Å². The number of hydrogen-bond acceptors (Lipinski definition) is 5. The number of fused-ring (bicyclic) bond motifs is 7. The zero-order chi connectivity index (χ0) is 30.9. The molecule has 5 rings (SSSR count). The van der Waals surface area contributed by atoms with Crippen LogP contribution in [0.3, 0.4) is 0 Å². The van der Waals surface area contributed by atoms with Crippen LogP contribution < -0.4 is 0 Å². The van der Waals surface area contributed by atoms with Crippen molar-refractivity contribution in [1.82, 2.24) is 0 Å². The number of carbonyl (C=O) groups is 3. The molecule has 5 aliphatic carbocycles. The van der Waals surface area contributed by atoms with Gasteiger partial charge in [-0.2, -0.15) is 0 Å². The Bertz CT molecular complexity index is 1160. The highest BCUT2D eigenvalue weighted by molar-refractivity contribution is 5.77. The molecule has 0 radical (unpaired) electrons. The van der Waals surface area contributed by atoms with E-state index in [9.17, 15) is 14.4 Å². The van der Waals surface area contributed by atoms with Crippen molar-refractivity contribution in [2.75, 3.05) is 6.61 Å². The Kier molecular flexibility index (Phi) is 7.79. The Morgan fingerprint density at radius 3 is 2.24 bits per heavy atom. The molecule has 9 atom stereocenters. The molecule has 0 aromatic rings. The maximum absolute atomic E-state index is 13.2. The van der Waals surface area contributed by atoms with Crippen LogP contribution in [0.15, 0.2) is 11.6 Å². The minimum atomic E-state index is -0.964. The van der Waals surface area contributed by atoms with Crippen LogP contribution >= 0.6 is 0 Å². The molecule has 4 saturated carbocycles. The van der Waals surface area contributed by atoms with Gasteiger partial charge in [0.25, 0.3) is 0 Å². The molecule has 0 heterocycles. The number of carboxylic acids is 1. The Labute approximate surface area is 253 Å². The molecule has 42 heavy (non-hydrogen) atoms. The highest BCUT2D eigenvalue weighted by atomic mass is 16.5. The van der Waals surface area contributed by atoms with Crippen molar-refractivity contribution in [3.8, 4) is 0 Å². The van der Waals surface area contributed by atoms with E-state index in [1.54, 1.807) is 5.57 Å². The van der Waals surface area contributed by atoms with Gasteiger partial charge in [-0.25, -0.2) is 0 Å². The van der Waals surface area contributed by atoms with E-state index in [4.69, 9.17) is 14.6 Å². The molecule has 236 valence electrons. The van der Waals surface area contributed by atoms with E-state index in [0.717, 1.165) is 51.4 Å². The lowest BCUT2D eigenvalue weighted by molar-refractivity contribution is -0.213. The fourth-order valence-corrected chi connectivity index (χ4v) is 11.5. The van der Waals surface area contributed by atoms with Gasteiger partial charge >= 0.3 is 17.9 Å². The second-order valence-electron chi connectivity index (χ2n) is 16.7. The molecule has 1 N–H and O–H groups in total. The summed E-state index contributed by atoms with van der Waals surface area (Å²) in [7, 11) is 0. The molecule has 6 heteroatoms. The number of carboxylic acid groups (broad SMARTS) is 1. The molecule has 0 bridgehead atoms. The maximum Gasteiger partial charge on any atom is 0.311 e. The highest BCUT2D eigenvalue weighted by Crippen LogP contribution is 2.75. The van der Waals surface area contributed by atoms with Gasteiger partial charge in [-0.3, -0.25) is 14.4 Å². The average molecular weight is 585 g/mol. The van der Waals surface area contributed by atoms with Gasteiger partial charge in [-0.05, 0) is 117 Å². The molecule has 6 nitrogen and oxygen atoms in total. The smallest absolute Gasteiger partial charge is 0.311 e. The summed E-state index contributed by atoms with van der Waals surface area (Å²) in [6.45, 7) is 19.2.